The Morgan fingerprint density at radius 1 is 1.14 bits per heavy atom. The number of phosphoric acid groups is 1. The Balaban J connectivity index is -0.0000000800. The van der Waals surface area contributed by atoms with E-state index in [9.17, 15) is 0 Å². The molecule has 7 heteroatoms. The van der Waals surface area contributed by atoms with Crippen molar-refractivity contribution in [2.75, 3.05) is 0 Å². The maximum Gasteiger partial charge on any atom is 0.466 e. The number of hydrogen-bond donors (Lipinski definition) is 3. The smallest absolute Gasteiger partial charge is 0.303 e. The van der Waals surface area contributed by atoms with Crippen LogP contribution in [0.5, 0.6) is 0 Å². The zero-order valence-electron chi connectivity index (χ0n) is 3.01. The normalized spacial score (nSPS) is 8.43. The van der Waals surface area contributed by atoms with E-state index >= 15 is 0 Å². The van der Waals surface area contributed by atoms with Crippen molar-refractivity contribution < 1.29 is 19.2 Å². The first-order valence-electron chi connectivity index (χ1n) is 0.783. The summed E-state index contributed by atoms with van der Waals surface area (Å²) >= 11 is 0. The zero-order chi connectivity index (χ0) is 4.50. The second kappa shape index (κ2) is 5.46. The van der Waals surface area contributed by atoms with Crippen molar-refractivity contribution in [3.63, 3.8) is 0 Å². The van der Waals surface area contributed by atoms with Crippen LogP contribution >= 0.6 is 48.8 Å². The molecule has 0 fully saturated rings. The minimum atomic E-state index is -4.64. The summed E-state index contributed by atoms with van der Waals surface area (Å²) in [6.07, 6.45) is 0. The van der Waals surface area contributed by atoms with Crippen LogP contribution in [0, 0.1) is 0 Å². The van der Waals surface area contributed by atoms with Gasteiger partial charge in [-0.15, -0.1) is 41.0 Å². The van der Waals surface area contributed by atoms with Crippen LogP contribution in [0.2, 0.25) is 0 Å². The maximum atomic E-state index is 8.88. The third kappa shape index (κ3) is 119. The summed E-state index contributed by atoms with van der Waals surface area (Å²) in [5.74, 6) is 0. The van der Waals surface area contributed by atoms with E-state index in [0.717, 1.165) is 0 Å². The molecule has 7 heavy (non-hydrogen) atoms. The highest BCUT2D eigenvalue weighted by molar-refractivity contribution is 14.0. The molecule has 0 amide bonds. The number of rotatable bonds is 0. The van der Waals surface area contributed by atoms with Gasteiger partial charge in [0, 0.05) is 0 Å². The molecule has 0 aromatic carbocycles. The molecule has 0 aliphatic carbocycles. The first-order chi connectivity index (χ1) is 2.00. The molecule has 0 spiro atoms. The fraction of sp³-hybridized carbons (Fsp3) is 0. The Bertz CT molecular complexity index is 57.8. The molecule has 0 heterocycles. The van der Waals surface area contributed by atoms with E-state index in [2.05, 4.69) is 0 Å². The molecule has 0 saturated heterocycles. The minimum absolute atomic E-state index is 0. The zero-order valence-corrected chi connectivity index (χ0v) is 7.95. The summed E-state index contributed by atoms with van der Waals surface area (Å²) in [6.45, 7) is 0. The van der Waals surface area contributed by atoms with Crippen LogP contribution in [0.15, 0.2) is 0 Å². The number of halogens is 2. The average molecular weight is 307 g/mol. The van der Waals surface area contributed by atoms with E-state index in [1.165, 1.54) is 0 Å². The van der Waals surface area contributed by atoms with E-state index in [-0.39, 0.29) is 41.0 Å². The fourth-order valence-corrected chi connectivity index (χ4v) is 0. The van der Waals surface area contributed by atoms with Crippen LogP contribution in [0.25, 0.3) is 0 Å². The molecule has 0 saturated carbocycles. The van der Waals surface area contributed by atoms with E-state index < -0.39 is 7.82 Å². The van der Waals surface area contributed by atoms with Gasteiger partial charge in [0.2, 0.25) is 0 Å². The second-order valence-electron chi connectivity index (χ2n) is 0.513. The molecular formula is H5BrIO4P. The summed E-state index contributed by atoms with van der Waals surface area (Å²) < 4.78 is 8.88. The highest BCUT2D eigenvalue weighted by Crippen LogP contribution is 2.25. The molecule has 0 aromatic heterocycles. The molecule has 0 aliphatic heterocycles. The molecule has 0 rings (SSSR count). The quantitative estimate of drug-likeness (QED) is 0.443. The number of hydrogen-bond acceptors (Lipinski definition) is 1. The van der Waals surface area contributed by atoms with Crippen molar-refractivity contribution in [1.82, 2.24) is 0 Å². The Labute approximate surface area is 68.0 Å². The van der Waals surface area contributed by atoms with Crippen LogP contribution in [0.1, 0.15) is 0 Å². The lowest BCUT2D eigenvalue weighted by molar-refractivity contribution is 0.275. The molecule has 0 atom stereocenters. The summed E-state index contributed by atoms with van der Waals surface area (Å²) in [5.41, 5.74) is 0. The van der Waals surface area contributed by atoms with Gasteiger partial charge in [-0.2, -0.15) is 0 Å². The molecule has 0 bridgehead atoms. The molecule has 4 nitrogen and oxygen atoms in total. The molecular weight excluding hydrogens is 302 g/mol. The second-order valence-corrected chi connectivity index (χ2v) is 1.54. The highest BCUT2D eigenvalue weighted by Gasteiger charge is 2.00. The van der Waals surface area contributed by atoms with Crippen LogP contribution in [0.4, 0.5) is 0 Å². The van der Waals surface area contributed by atoms with Crippen LogP contribution < -0.4 is 0 Å². The van der Waals surface area contributed by atoms with Crippen molar-refractivity contribution in [2.45, 2.75) is 0 Å². The van der Waals surface area contributed by atoms with Gasteiger partial charge in [0.1, 0.15) is 0 Å². The van der Waals surface area contributed by atoms with E-state index in [1.807, 2.05) is 0 Å². The summed E-state index contributed by atoms with van der Waals surface area (Å²) in [4.78, 5) is 21.6. The van der Waals surface area contributed by atoms with Crippen LogP contribution in [0.3, 0.4) is 0 Å². The largest absolute Gasteiger partial charge is 0.466 e. The van der Waals surface area contributed by atoms with Gasteiger partial charge in [-0.05, 0) is 0 Å². The van der Waals surface area contributed by atoms with Gasteiger partial charge in [-0.1, -0.05) is 0 Å². The average Bonchev–Trinajstić information content (AvgIpc) is 0.722. The standard InChI is InChI=1S/BrH.HI.H3O4P/c;;1-5(2,3)4/h2*1H;(H3,1,2,3,4). The first kappa shape index (κ1) is 15.8. The maximum absolute atomic E-state index is 8.88. The van der Waals surface area contributed by atoms with E-state index in [0.29, 0.717) is 0 Å². The topological polar surface area (TPSA) is 77.8 Å². The monoisotopic (exact) mass is 306 g/mol. The van der Waals surface area contributed by atoms with E-state index in [4.69, 9.17) is 19.2 Å². The fourth-order valence-electron chi connectivity index (χ4n) is 0. The molecule has 0 aliphatic rings. The third-order valence-corrected chi connectivity index (χ3v) is 0. The van der Waals surface area contributed by atoms with Gasteiger partial charge < -0.3 is 14.7 Å². The lowest BCUT2D eigenvalue weighted by Gasteiger charge is -1.82. The van der Waals surface area contributed by atoms with Crippen LogP contribution in [-0.4, -0.2) is 14.7 Å². The van der Waals surface area contributed by atoms with E-state index in [1.54, 1.807) is 0 Å². The van der Waals surface area contributed by atoms with Gasteiger partial charge >= 0.3 is 7.82 Å². The molecule has 0 unspecified atom stereocenters. The van der Waals surface area contributed by atoms with Crippen molar-refractivity contribution in [2.24, 2.45) is 0 Å². The van der Waals surface area contributed by atoms with Gasteiger partial charge in [0.15, 0.2) is 0 Å². The Morgan fingerprint density at radius 3 is 1.14 bits per heavy atom. The van der Waals surface area contributed by atoms with Gasteiger partial charge in [0.05, 0.1) is 0 Å². The third-order valence-electron chi connectivity index (χ3n) is 0. The molecule has 0 radical (unpaired) electrons. The Morgan fingerprint density at radius 2 is 1.14 bits per heavy atom. The predicted molar refractivity (Wildman–Crippen MR) is 40.0 cm³/mol. The molecule has 0 aromatic rings. The van der Waals surface area contributed by atoms with Crippen LogP contribution in [-0.2, 0) is 4.57 Å². The first-order valence-corrected chi connectivity index (χ1v) is 2.35. The van der Waals surface area contributed by atoms with Gasteiger partial charge in [-0.25, -0.2) is 4.57 Å². The van der Waals surface area contributed by atoms with Crippen molar-refractivity contribution in [3.8, 4) is 0 Å². The van der Waals surface area contributed by atoms with Gasteiger partial charge in [0.25, 0.3) is 0 Å². The summed E-state index contributed by atoms with van der Waals surface area (Å²) in [6, 6.07) is 0. The molecule has 3 N–H and O–H groups in total. The Kier molecular flexibility index (Phi) is 12.3. The van der Waals surface area contributed by atoms with Gasteiger partial charge in [-0.3, -0.25) is 0 Å². The molecule has 48 valence electrons. The predicted octanol–water partition coefficient (Wildman–Crippen LogP) is 0.267. The lowest BCUT2D eigenvalue weighted by atomic mass is 15.8. The van der Waals surface area contributed by atoms with Crippen molar-refractivity contribution >= 4 is 48.8 Å². The lowest BCUT2D eigenvalue weighted by Crippen LogP contribution is -1.66. The Hall–Kier alpha value is 1.32. The van der Waals surface area contributed by atoms with Crippen molar-refractivity contribution in [1.29, 1.82) is 0 Å². The summed E-state index contributed by atoms with van der Waals surface area (Å²) in [5, 5.41) is 0. The summed E-state index contributed by atoms with van der Waals surface area (Å²) in [7, 11) is -4.64. The SMILES string of the molecule is Br.I.O=P(O)(O)O. The van der Waals surface area contributed by atoms with Crippen molar-refractivity contribution in [3.05, 3.63) is 0 Å². The highest BCUT2D eigenvalue weighted by atomic mass is 127. The minimum Gasteiger partial charge on any atom is -0.303 e.